The van der Waals surface area contributed by atoms with E-state index in [4.69, 9.17) is 16.3 Å². The van der Waals surface area contributed by atoms with Gasteiger partial charge in [0.2, 0.25) is 0 Å². The highest BCUT2D eigenvalue weighted by Gasteiger charge is 2.33. The van der Waals surface area contributed by atoms with Crippen molar-refractivity contribution in [3.8, 4) is 17.0 Å². The first-order valence-corrected chi connectivity index (χ1v) is 8.36. The fourth-order valence-corrected chi connectivity index (χ4v) is 3.15. The number of methoxy groups -OCH3 is 1. The monoisotopic (exact) mass is 384 g/mol. The van der Waals surface area contributed by atoms with E-state index >= 15 is 0 Å². The van der Waals surface area contributed by atoms with Crippen LogP contribution in [-0.2, 0) is 6.18 Å². The predicted molar refractivity (Wildman–Crippen MR) is 93.8 cm³/mol. The Morgan fingerprint density at radius 3 is 2.68 bits per heavy atom. The fourth-order valence-electron chi connectivity index (χ4n) is 2.19. The molecule has 25 heavy (non-hydrogen) atoms. The van der Waals surface area contributed by atoms with Gasteiger partial charge in [0.25, 0.3) is 0 Å². The largest absolute Gasteiger partial charge is 0.497 e. The Bertz CT molecular complexity index is 896. The van der Waals surface area contributed by atoms with Crippen molar-refractivity contribution in [1.82, 2.24) is 4.98 Å². The van der Waals surface area contributed by atoms with Gasteiger partial charge in [-0.1, -0.05) is 23.7 Å². The highest BCUT2D eigenvalue weighted by molar-refractivity contribution is 7.14. The van der Waals surface area contributed by atoms with E-state index in [2.05, 4.69) is 10.3 Å². The van der Waals surface area contributed by atoms with Gasteiger partial charge in [-0.3, -0.25) is 0 Å². The highest BCUT2D eigenvalue weighted by Crippen LogP contribution is 2.37. The summed E-state index contributed by atoms with van der Waals surface area (Å²) in [4.78, 5) is 4.40. The average Bonchev–Trinajstić information content (AvgIpc) is 3.04. The Morgan fingerprint density at radius 2 is 1.96 bits per heavy atom. The zero-order valence-corrected chi connectivity index (χ0v) is 14.5. The molecule has 0 aliphatic carbocycles. The lowest BCUT2D eigenvalue weighted by molar-refractivity contribution is -0.137. The molecule has 130 valence electrons. The average molecular weight is 385 g/mol. The minimum Gasteiger partial charge on any atom is -0.497 e. The summed E-state index contributed by atoms with van der Waals surface area (Å²) in [5, 5.41) is 4.84. The van der Waals surface area contributed by atoms with Crippen molar-refractivity contribution in [3.63, 3.8) is 0 Å². The number of nitrogens with zero attached hydrogens (tertiary/aromatic N) is 1. The third-order valence-electron chi connectivity index (χ3n) is 3.39. The molecule has 3 aromatic rings. The molecule has 0 saturated carbocycles. The summed E-state index contributed by atoms with van der Waals surface area (Å²) in [6.07, 6.45) is -4.51. The smallest absolute Gasteiger partial charge is 0.417 e. The number of halogens is 4. The molecule has 0 atom stereocenters. The molecule has 3 rings (SSSR count). The Kier molecular flexibility index (Phi) is 4.87. The zero-order chi connectivity index (χ0) is 18.0. The van der Waals surface area contributed by atoms with Crippen LogP contribution < -0.4 is 10.1 Å². The van der Waals surface area contributed by atoms with Crippen molar-refractivity contribution in [2.75, 3.05) is 12.4 Å². The second-order valence-corrected chi connectivity index (χ2v) is 6.35. The Labute approximate surface area is 151 Å². The summed E-state index contributed by atoms with van der Waals surface area (Å²) in [7, 11) is 1.58. The summed E-state index contributed by atoms with van der Waals surface area (Å²) in [6, 6.07) is 11.0. The minimum absolute atomic E-state index is 0.267. The highest BCUT2D eigenvalue weighted by atomic mass is 35.5. The van der Waals surface area contributed by atoms with Crippen molar-refractivity contribution < 1.29 is 17.9 Å². The van der Waals surface area contributed by atoms with Crippen LogP contribution in [0, 0.1) is 0 Å². The molecule has 0 aliphatic heterocycles. The summed E-state index contributed by atoms with van der Waals surface area (Å²) < 4.78 is 44.0. The van der Waals surface area contributed by atoms with Gasteiger partial charge >= 0.3 is 6.18 Å². The van der Waals surface area contributed by atoms with E-state index in [9.17, 15) is 13.2 Å². The van der Waals surface area contributed by atoms with Gasteiger partial charge in [0, 0.05) is 16.6 Å². The molecule has 0 unspecified atom stereocenters. The number of ether oxygens (including phenoxy) is 1. The van der Waals surface area contributed by atoms with Crippen LogP contribution >= 0.6 is 22.9 Å². The van der Waals surface area contributed by atoms with Crippen LogP contribution in [0.25, 0.3) is 11.3 Å². The second-order valence-electron chi connectivity index (χ2n) is 5.09. The first kappa shape index (κ1) is 17.6. The lowest BCUT2D eigenvalue weighted by atomic mass is 10.2. The van der Waals surface area contributed by atoms with Crippen molar-refractivity contribution >= 4 is 33.8 Å². The molecule has 0 aliphatic rings. The van der Waals surface area contributed by atoms with Crippen LogP contribution in [0.4, 0.5) is 24.0 Å². The normalized spacial score (nSPS) is 11.4. The molecule has 0 radical (unpaired) electrons. The lowest BCUT2D eigenvalue weighted by Crippen LogP contribution is -2.06. The van der Waals surface area contributed by atoms with Gasteiger partial charge in [0.1, 0.15) is 5.75 Å². The topological polar surface area (TPSA) is 34.1 Å². The molecule has 0 bridgehead atoms. The summed E-state index contributed by atoms with van der Waals surface area (Å²) in [5.74, 6) is 0.701. The van der Waals surface area contributed by atoms with Gasteiger partial charge in [-0.15, -0.1) is 11.3 Å². The number of alkyl halides is 3. The van der Waals surface area contributed by atoms with Crippen molar-refractivity contribution in [3.05, 3.63) is 58.4 Å². The van der Waals surface area contributed by atoms with Crippen LogP contribution in [0.2, 0.25) is 5.02 Å². The van der Waals surface area contributed by atoms with Gasteiger partial charge in [-0.2, -0.15) is 13.2 Å². The Hall–Kier alpha value is -2.25. The van der Waals surface area contributed by atoms with E-state index in [0.29, 0.717) is 16.6 Å². The van der Waals surface area contributed by atoms with E-state index in [1.165, 1.54) is 23.5 Å². The molecule has 3 nitrogen and oxygen atoms in total. The third-order valence-corrected chi connectivity index (χ3v) is 4.48. The van der Waals surface area contributed by atoms with Crippen LogP contribution in [0.15, 0.2) is 47.8 Å². The molecule has 1 aromatic heterocycles. The number of thiazole rings is 1. The maximum absolute atomic E-state index is 12.9. The predicted octanol–water partition coefficient (Wildman–Crippen LogP) is 6.23. The molecule has 0 fully saturated rings. The first-order chi connectivity index (χ1) is 11.9. The number of anilines is 2. The van der Waals surface area contributed by atoms with Crippen LogP contribution in [0.1, 0.15) is 5.56 Å². The van der Waals surface area contributed by atoms with E-state index in [1.807, 2.05) is 29.6 Å². The number of nitrogens with one attached hydrogen (secondary N) is 1. The number of hydrogen-bond donors (Lipinski definition) is 1. The van der Waals surface area contributed by atoms with E-state index in [-0.39, 0.29) is 10.7 Å². The maximum atomic E-state index is 12.9. The quantitative estimate of drug-likeness (QED) is 0.578. The minimum atomic E-state index is -4.51. The molecule has 0 saturated heterocycles. The number of benzene rings is 2. The molecule has 0 spiro atoms. The van der Waals surface area contributed by atoms with Gasteiger partial charge in [0.15, 0.2) is 5.13 Å². The molecule has 0 amide bonds. The zero-order valence-electron chi connectivity index (χ0n) is 12.9. The van der Waals surface area contributed by atoms with E-state index < -0.39 is 11.7 Å². The van der Waals surface area contributed by atoms with Crippen molar-refractivity contribution in [1.29, 1.82) is 0 Å². The van der Waals surface area contributed by atoms with E-state index in [0.717, 1.165) is 11.6 Å². The standard InChI is InChI=1S/C17H12ClF3N2OS/c1-24-12-4-2-3-10(7-12)15-9-25-16(23-15)22-11-5-6-14(18)13(8-11)17(19,20)21/h2-9H,1H3,(H,22,23). The van der Waals surface area contributed by atoms with Crippen molar-refractivity contribution in [2.45, 2.75) is 6.18 Å². The number of rotatable bonds is 4. The number of aromatic nitrogens is 1. The lowest BCUT2D eigenvalue weighted by Gasteiger charge is -2.11. The molecular formula is C17H12ClF3N2OS. The Morgan fingerprint density at radius 1 is 1.16 bits per heavy atom. The maximum Gasteiger partial charge on any atom is 0.417 e. The van der Waals surface area contributed by atoms with E-state index in [1.54, 1.807) is 7.11 Å². The van der Waals surface area contributed by atoms with Gasteiger partial charge in [-0.25, -0.2) is 4.98 Å². The second kappa shape index (κ2) is 6.93. The van der Waals surface area contributed by atoms with Gasteiger partial charge < -0.3 is 10.1 Å². The molecular weight excluding hydrogens is 373 g/mol. The Balaban J connectivity index is 1.84. The van der Waals surface area contributed by atoms with Gasteiger partial charge in [0.05, 0.1) is 23.4 Å². The summed E-state index contributed by atoms with van der Waals surface area (Å²) in [6.45, 7) is 0. The van der Waals surface area contributed by atoms with Crippen LogP contribution in [-0.4, -0.2) is 12.1 Å². The molecule has 8 heteroatoms. The fraction of sp³-hybridized carbons (Fsp3) is 0.118. The summed E-state index contributed by atoms with van der Waals surface area (Å²) in [5.41, 5.74) is 0.944. The van der Waals surface area contributed by atoms with Gasteiger partial charge in [-0.05, 0) is 30.3 Å². The third kappa shape index (κ3) is 4.05. The molecule has 2 aromatic carbocycles. The summed E-state index contributed by atoms with van der Waals surface area (Å²) >= 11 is 6.92. The molecule has 1 heterocycles. The SMILES string of the molecule is COc1cccc(-c2csc(Nc3ccc(Cl)c(C(F)(F)F)c3)n2)c1. The van der Waals surface area contributed by atoms with Crippen LogP contribution in [0.5, 0.6) is 5.75 Å². The molecule has 1 N–H and O–H groups in total. The number of hydrogen-bond acceptors (Lipinski definition) is 4. The van der Waals surface area contributed by atoms with Crippen LogP contribution in [0.3, 0.4) is 0 Å². The first-order valence-electron chi connectivity index (χ1n) is 7.10. The van der Waals surface area contributed by atoms with Crippen molar-refractivity contribution in [2.24, 2.45) is 0 Å².